The molecule has 0 atom stereocenters. The fourth-order valence-corrected chi connectivity index (χ4v) is 3.13. The molecule has 0 radical (unpaired) electrons. The minimum Gasteiger partial charge on any atom is -0.396 e. The lowest BCUT2D eigenvalue weighted by Crippen LogP contribution is -2.13. The molecule has 136 valence electrons. The van der Waals surface area contributed by atoms with Crippen LogP contribution >= 0.6 is 0 Å². The van der Waals surface area contributed by atoms with Gasteiger partial charge in [0, 0.05) is 30.1 Å². The molecule has 0 unspecified atom stereocenters. The van der Waals surface area contributed by atoms with Crippen molar-refractivity contribution in [1.82, 2.24) is 4.57 Å². The van der Waals surface area contributed by atoms with Crippen LogP contribution in [0.15, 0.2) is 24.3 Å². The van der Waals surface area contributed by atoms with Gasteiger partial charge in [-0.1, -0.05) is 19.1 Å². The Morgan fingerprint density at radius 1 is 1.24 bits per heavy atom. The first-order chi connectivity index (χ1) is 11.7. The first-order valence-electron chi connectivity index (χ1n) is 8.02. The molecule has 7 heteroatoms. The van der Waals surface area contributed by atoms with Crippen molar-refractivity contribution in [2.24, 2.45) is 5.73 Å². The number of hydrogen-bond acceptors (Lipinski definition) is 2. The summed E-state index contributed by atoms with van der Waals surface area (Å²) in [5.41, 5.74) is 7.67. The summed E-state index contributed by atoms with van der Waals surface area (Å²) >= 11 is 0. The predicted molar refractivity (Wildman–Crippen MR) is 89.2 cm³/mol. The monoisotopic (exact) mass is 354 g/mol. The third-order valence-electron chi connectivity index (χ3n) is 4.25. The molecule has 0 saturated heterocycles. The SMILES string of the molecule is CCc1c(-c2ccc(C(F)(F)F)cc2)c(C(N)=O)c(C)n1CCCO. The molecular formula is C18H21F3N2O2. The number of aliphatic hydroxyl groups is 1. The maximum atomic E-state index is 12.8. The second-order valence-corrected chi connectivity index (χ2v) is 5.80. The minimum atomic E-state index is -4.42. The van der Waals surface area contributed by atoms with Gasteiger partial charge in [0.05, 0.1) is 11.1 Å². The molecule has 2 rings (SSSR count). The minimum absolute atomic E-state index is 0.00227. The van der Waals surface area contributed by atoms with Crippen molar-refractivity contribution < 1.29 is 23.1 Å². The molecule has 0 fully saturated rings. The molecule has 1 aromatic carbocycles. The molecule has 0 bridgehead atoms. The molecule has 3 N–H and O–H groups in total. The molecule has 0 aliphatic carbocycles. The van der Waals surface area contributed by atoms with Crippen LogP contribution in [0.2, 0.25) is 0 Å². The van der Waals surface area contributed by atoms with Gasteiger partial charge in [-0.2, -0.15) is 13.2 Å². The van der Waals surface area contributed by atoms with E-state index in [0.29, 0.717) is 41.8 Å². The summed E-state index contributed by atoms with van der Waals surface area (Å²) < 4.78 is 40.2. The van der Waals surface area contributed by atoms with E-state index in [2.05, 4.69) is 0 Å². The summed E-state index contributed by atoms with van der Waals surface area (Å²) in [6, 6.07) is 4.72. The maximum Gasteiger partial charge on any atom is 0.416 e. The van der Waals surface area contributed by atoms with E-state index in [1.54, 1.807) is 6.92 Å². The van der Waals surface area contributed by atoms with Crippen LogP contribution in [-0.4, -0.2) is 22.2 Å². The Morgan fingerprint density at radius 2 is 1.84 bits per heavy atom. The number of halogens is 3. The number of nitrogens with two attached hydrogens (primary N) is 1. The zero-order valence-corrected chi connectivity index (χ0v) is 14.2. The van der Waals surface area contributed by atoms with Gasteiger partial charge < -0.3 is 15.4 Å². The van der Waals surface area contributed by atoms with E-state index in [0.717, 1.165) is 17.8 Å². The Morgan fingerprint density at radius 3 is 2.28 bits per heavy atom. The fourth-order valence-electron chi connectivity index (χ4n) is 3.13. The lowest BCUT2D eigenvalue weighted by atomic mass is 9.97. The van der Waals surface area contributed by atoms with E-state index in [1.165, 1.54) is 12.1 Å². The van der Waals surface area contributed by atoms with Crippen LogP contribution in [0.3, 0.4) is 0 Å². The molecule has 0 saturated carbocycles. The Labute approximate surface area is 144 Å². The second kappa shape index (κ2) is 7.31. The highest BCUT2D eigenvalue weighted by Crippen LogP contribution is 2.36. The zero-order chi connectivity index (χ0) is 18.8. The molecule has 0 spiro atoms. The van der Waals surface area contributed by atoms with Gasteiger partial charge in [-0.25, -0.2) is 0 Å². The molecule has 4 nitrogen and oxygen atoms in total. The number of carbonyl (C=O) groups excluding carboxylic acids is 1. The van der Waals surface area contributed by atoms with Crippen molar-refractivity contribution in [3.8, 4) is 11.1 Å². The van der Waals surface area contributed by atoms with Crippen LogP contribution in [-0.2, 0) is 19.1 Å². The van der Waals surface area contributed by atoms with Gasteiger partial charge in [0.25, 0.3) is 5.91 Å². The topological polar surface area (TPSA) is 68.2 Å². The van der Waals surface area contributed by atoms with Crippen LogP contribution in [0.25, 0.3) is 11.1 Å². The van der Waals surface area contributed by atoms with Crippen LogP contribution in [0.1, 0.15) is 40.7 Å². The lowest BCUT2D eigenvalue weighted by Gasteiger charge is -2.12. The summed E-state index contributed by atoms with van der Waals surface area (Å²) in [7, 11) is 0. The quantitative estimate of drug-likeness (QED) is 0.833. The zero-order valence-electron chi connectivity index (χ0n) is 14.2. The van der Waals surface area contributed by atoms with Gasteiger partial charge in [0.2, 0.25) is 0 Å². The molecule has 1 amide bonds. The Kier molecular flexibility index (Phi) is 5.57. The van der Waals surface area contributed by atoms with E-state index in [9.17, 15) is 18.0 Å². The number of aliphatic hydroxyl groups excluding tert-OH is 1. The first-order valence-corrected chi connectivity index (χ1v) is 8.02. The highest BCUT2D eigenvalue weighted by atomic mass is 19.4. The van der Waals surface area contributed by atoms with Crippen molar-refractivity contribution in [3.05, 3.63) is 46.8 Å². The van der Waals surface area contributed by atoms with Crippen LogP contribution in [0.4, 0.5) is 13.2 Å². The number of nitrogens with zero attached hydrogens (tertiary/aromatic N) is 1. The maximum absolute atomic E-state index is 12.8. The Bertz CT molecular complexity index is 762. The number of alkyl halides is 3. The summed E-state index contributed by atoms with van der Waals surface area (Å²) in [6.45, 7) is 4.17. The summed E-state index contributed by atoms with van der Waals surface area (Å²) in [6.07, 6.45) is -3.33. The molecular weight excluding hydrogens is 333 g/mol. The van der Waals surface area contributed by atoms with Gasteiger partial charge in [0.15, 0.2) is 0 Å². The smallest absolute Gasteiger partial charge is 0.396 e. The van der Waals surface area contributed by atoms with Crippen LogP contribution in [0.5, 0.6) is 0 Å². The number of aromatic nitrogens is 1. The van der Waals surface area contributed by atoms with Crippen LogP contribution < -0.4 is 5.73 Å². The van der Waals surface area contributed by atoms with E-state index in [1.807, 2.05) is 11.5 Å². The summed E-state index contributed by atoms with van der Waals surface area (Å²) in [5.74, 6) is -0.621. The van der Waals surface area contributed by atoms with E-state index in [4.69, 9.17) is 10.8 Å². The van der Waals surface area contributed by atoms with E-state index in [-0.39, 0.29) is 6.61 Å². The van der Waals surface area contributed by atoms with Crippen molar-refractivity contribution in [3.63, 3.8) is 0 Å². The van der Waals surface area contributed by atoms with Crippen molar-refractivity contribution in [2.45, 2.75) is 39.4 Å². The van der Waals surface area contributed by atoms with Gasteiger partial charge in [-0.15, -0.1) is 0 Å². The standard InChI is InChI=1S/C18H21F3N2O2/c1-3-14-16(12-5-7-13(8-6-12)18(19,20)21)15(17(22)25)11(2)23(14)9-4-10-24/h5-8,24H,3-4,9-10H2,1-2H3,(H2,22,25). The largest absolute Gasteiger partial charge is 0.416 e. The van der Waals surface area contributed by atoms with Gasteiger partial charge in [0.1, 0.15) is 0 Å². The molecule has 0 aliphatic heterocycles. The third-order valence-corrected chi connectivity index (χ3v) is 4.25. The van der Waals surface area contributed by atoms with E-state index >= 15 is 0 Å². The number of carbonyl (C=O) groups is 1. The highest BCUT2D eigenvalue weighted by Gasteiger charge is 2.30. The average Bonchev–Trinajstić information content (AvgIpc) is 2.84. The normalized spacial score (nSPS) is 11.8. The molecule has 25 heavy (non-hydrogen) atoms. The number of primary amides is 1. The average molecular weight is 354 g/mol. The highest BCUT2D eigenvalue weighted by molar-refractivity contribution is 6.02. The molecule has 2 aromatic rings. The van der Waals surface area contributed by atoms with Crippen molar-refractivity contribution >= 4 is 5.91 Å². The van der Waals surface area contributed by atoms with Crippen molar-refractivity contribution in [2.75, 3.05) is 6.61 Å². The summed E-state index contributed by atoms with van der Waals surface area (Å²) in [5, 5.41) is 9.08. The van der Waals surface area contributed by atoms with Gasteiger partial charge in [-0.3, -0.25) is 4.79 Å². The number of amides is 1. The first kappa shape index (κ1) is 19.1. The number of rotatable bonds is 6. The molecule has 1 heterocycles. The van der Waals surface area contributed by atoms with Crippen LogP contribution in [0, 0.1) is 6.92 Å². The third kappa shape index (κ3) is 3.71. The predicted octanol–water partition coefficient (Wildman–Crippen LogP) is 3.53. The molecule has 0 aliphatic rings. The van der Waals surface area contributed by atoms with E-state index < -0.39 is 17.6 Å². The molecule has 1 aromatic heterocycles. The van der Waals surface area contributed by atoms with Gasteiger partial charge >= 0.3 is 6.18 Å². The second-order valence-electron chi connectivity index (χ2n) is 5.80. The number of benzene rings is 1. The Balaban J connectivity index is 2.64. The van der Waals surface area contributed by atoms with Crippen molar-refractivity contribution in [1.29, 1.82) is 0 Å². The number of hydrogen-bond donors (Lipinski definition) is 2. The Hall–Kier alpha value is -2.28. The van der Waals surface area contributed by atoms with Gasteiger partial charge in [-0.05, 0) is 37.5 Å². The fraction of sp³-hybridized carbons (Fsp3) is 0.389. The lowest BCUT2D eigenvalue weighted by molar-refractivity contribution is -0.137. The summed E-state index contributed by atoms with van der Waals surface area (Å²) in [4.78, 5) is 12.0.